The number of hydrogen-bond acceptors (Lipinski definition) is 3. The van der Waals surface area contributed by atoms with E-state index in [0.717, 1.165) is 0 Å². The smallest absolute Gasteiger partial charge is 0.321 e. The molecule has 0 spiro atoms. The predicted molar refractivity (Wildman–Crippen MR) is 102 cm³/mol. The van der Waals surface area contributed by atoms with Crippen LogP contribution >= 0.6 is 11.8 Å². The van der Waals surface area contributed by atoms with Crippen molar-refractivity contribution in [3.63, 3.8) is 0 Å². The number of carboxylic acid groups (broad SMARTS) is 1. The molecule has 0 saturated heterocycles. The molecule has 0 aromatic heterocycles. The highest BCUT2D eigenvalue weighted by atomic mass is 32.2. The molecule has 0 saturated carbocycles. The summed E-state index contributed by atoms with van der Waals surface area (Å²) in [5.41, 5.74) is 13.1. The van der Waals surface area contributed by atoms with Gasteiger partial charge in [0, 0.05) is 5.75 Å². The van der Waals surface area contributed by atoms with Gasteiger partial charge in [-0.1, -0.05) is 36.4 Å². The van der Waals surface area contributed by atoms with Crippen molar-refractivity contribution in [2.24, 2.45) is 5.73 Å². The van der Waals surface area contributed by atoms with Crippen LogP contribution in [0.3, 0.4) is 0 Å². The summed E-state index contributed by atoms with van der Waals surface area (Å²) in [7, 11) is 0. The van der Waals surface area contributed by atoms with Crippen LogP contribution < -0.4 is 5.73 Å². The fourth-order valence-corrected chi connectivity index (χ4v) is 3.73. The number of aliphatic carboxylic acids is 1. The van der Waals surface area contributed by atoms with Crippen molar-refractivity contribution in [1.29, 1.82) is 0 Å². The zero-order chi connectivity index (χ0) is 17.9. The Hall–Kier alpha value is -1.78. The van der Waals surface area contributed by atoms with E-state index in [-0.39, 0.29) is 5.25 Å². The average molecular weight is 343 g/mol. The highest BCUT2D eigenvalue weighted by Gasteiger charge is 2.20. The Morgan fingerprint density at radius 2 is 1.42 bits per heavy atom. The quantitative estimate of drug-likeness (QED) is 0.827. The molecule has 2 rings (SSSR count). The second-order valence-electron chi connectivity index (χ2n) is 6.35. The molecule has 0 radical (unpaired) electrons. The van der Waals surface area contributed by atoms with Gasteiger partial charge in [0.15, 0.2) is 0 Å². The highest BCUT2D eigenvalue weighted by molar-refractivity contribution is 7.99. The van der Waals surface area contributed by atoms with Crippen LogP contribution in [0.2, 0.25) is 0 Å². The lowest BCUT2D eigenvalue weighted by molar-refractivity contribution is -0.137. The lowest BCUT2D eigenvalue weighted by Crippen LogP contribution is -2.32. The number of thioether (sulfide) groups is 1. The van der Waals surface area contributed by atoms with Crippen molar-refractivity contribution >= 4 is 17.7 Å². The van der Waals surface area contributed by atoms with E-state index in [1.807, 2.05) is 0 Å². The molecule has 128 valence electrons. The lowest BCUT2D eigenvalue weighted by Gasteiger charge is -2.21. The number of nitrogens with two attached hydrogens (primary N) is 1. The molecule has 4 heteroatoms. The van der Waals surface area contributed by atoms with Crippen LogP contribution in [-0.4, -0.2) is 22.9 Å². The summed E-state index contributed by atoms with van der Waals surface area (Å²) < 4.78 is 0. The summed E-state index contributed by atoms with van der Waals surface area (Å²) in [6.45, 7) is 8.39. The molecule has 24 heavy (non-hydrogen) atoms. The number of carboxylic acids is 1. The second-order valence-corrected chi connectivity index (χ2v) is 7.48. The molecule has 1 unspecified atom stereocenters. The maximum absolute atomic E-state index is 11.0. The van der Waals surface area contributed by atoms with Gasteiger partial charge in [-0.05, 0) is 61.1 Å². The maximum atomic E-state index is 11.0. The first-order valence-electron chi connectivity index (χ1n) is 8.04. The van der Waals surface area contributed by atoms with E-state index in [1.165, 1.54) is 33.4 Å². The van der Waals surface area contributed by atoms with Gasteiger partial charge in [-0.2, -0.15) is 0 Å². The minimum absolute atomic E-state index is 0.0778. The molecule has 2 aromatic carbocycles. The Labute approximate surface area is 148 Å². The minimum Gasteiger partial charge on any atom is -0.480 e. The average Bonchev–Trinajstić information content (AvgIpc) is 2.53. The summed E-state index contributed by atoms with van der Waals surface area (Å²) in [5.74, 6) is -0.582. The highest BCUT2D eigenvalue weighted by Crippen LogP contribution is 2.37. The zero-order valence-corrected chi connectivity index (χ0v) is 15.5. The molecule has 0 heterocycles. The third kappa shape index (κ3) is 4.40. The summed E-state index contributed by atoms with van der Waals surface area (Å²) in [4.78, 5) is 11.0. The van der Waals surface area contributed by atoms with Crippen molar-refractivity contribution < 1.29 is 9.90 Å². The monoisotopic (exact) mass is 343 g/mol. The van der Waals surface area contributed by atoms with Gasteiger partial charge in [-0.15, -0.1) is 11.8 Å². The fourth-order valence-electron chi connectivity index (χ4n) is 2.51. The molecule has 0 fully saturated rings. The van der Waals surface area contributed by atoms with Crippen LogP contribution in [0, 0.1) is 27.7 Å². The summed E-state index contributed by atoms with van der Waals surface area (Å²) in [6, 6.07) is 12.0. The Morgan fingerprint density at radius 1 is 0.958 bits per heavy atom. The molecule has 3 N–H and O–H groups in total. The maximum Gasteiger partial charge on any atom is 0.321 e. The van der Waals surface area contributed by atoms with Gasteiger partial charge in [0.2, 0.25) is 0 Å². The van der Waals surface area contributed by atoms with Crippen molar-refractivity contribution in [2.45, 2.75) is 39.0 Å². The Morgan fingerprint density at radius 3 is 1.79 bits per heavy atom. The predicted octanol–water partition coefficient (Wildman–Crippen LogP) is 4.15. The number of aryl methyl sites for hydroxylation is 4. The van der Waals surface area contributed by atoms with Crippen molar-refractivity contribution in [1.82, 2.24) is 0 Å². The van der Waals surface area contributed by atoms with E-state index >= 15 is 0 Å². The lowest BCUT2D eigenvalue weighted by atomic mass is 9.97. The topological polar surface area (TPSA) is 63.3 Å². The number of hydrogen-bond donors (Lipinski definition) is 2. The van der Waals surface area contributed by atoms with Gasteiger partial charge in [0.05, 0.1) is 5.25 Å². The molecule has 0 aliphatic heterocycles. The first-order valence-corrected chi connectivity index (χ1v) is 9.08. The molecule has 0 amide bonds. The molecule has 1 atom stereocenters. The molecular weight excluding hydrogens is 318 g/mol. The van der Waals surface area contributed by atoms with Gasteiger partial charge >= 0.3 is 5.97 Å². The van der Waals surface area contributed by atoms with E-state index in [1.54, 1.807) is 11.8 Å². The number of rotatable bonds is 6. The van der Waals surface area contributed by atoms with Gasteiger partial charge in [-0.25, -0.2) is 0 Å². The van der Waals surface area contributed by atoms with Crippen LogP contribution in [0.1, 0.15) is 38.6 Å². The Balaban J connectivity index is 2.38. The van der Waals surface area contributed by atoms with Gasteiger partial charge in [-0.3, -0.25) is 4.79 Å². The van der Waals surface area contributed by atoms with Crippen molar-refractivity contribution in [2.75, 3.05) is 5.75 Å². The Bertz CT molecular complexity index is 691. The fraction of sp³-hybridized carbons (Fsp3) is 0.350. The van der Waals surface area contributed by atoms with Crippen LogP contribution in [0.4, 0.5) is 0 Å². The molecule has 0 aliphatic rings. The molecule has 3 nitrogen and oxygen atoms in total. The molecular formula is C20H25NO2S. The van der Waals surface area contributed by atoms with Crippen LogP contribution in [0.5, 0.6) is 0 Å². The van der Waals surface area contributed by atoms with E-state index in [9.17, 15) is 4.79 Å². The largest absolute Gasteiger partial charge is 0.480 e. The van der Waals surface area contributed by atoms with Gasteiger partial charge < -0.3 is 10.8 Å². The number of benzene rings is 2. The van der Waals surface area contributed by atoms with E-state index < -0.39 is 12.0 Å². The normalized spacial score (nSPS) is 12.4. The Kier molecular flexibility index (Phi) is 6.08. The number of carbonyl (C=O) groups is 1. The van der Waals surface area contributed by atoms with Gasteiger partial charge in [0.1, 0.15) is 6.04 Å². The summed E-state index contributed by atoms with van der Waals surface area (Å²) in [5, 5.41) is 9.14. The van der Waals surface area contributed by atoms with Crippen molar-refractivity contribution in [3.05, 3.63) is 69.8 Å². The third-order valence-corrected chi connectivity index (χ3v) is 5.86. The van der Waals surface area contributed by atoms with Crippen LogP contribution in [0.25, 0.3) is 0 Å². The molecule has 0 bridgehead atoms. The van der Waals surface area contributed by atoms with Crippen molar-refractivity contribution in [3.8, 4) is 0 Å². The van der Waals surface area contributed by atoms with E-state index in [2.05, 4.69) is 64.1 Å². The summed E-state index contributed by atoms with van der Waals surface area (Å²) >= 11 is 1.59. The first kappa shape index (κ1) is 18.6. The van der Waals surface area contributed by atoms with Crippen LogP contribution in [0.15, 0.2) is 36.4 Å². The zero-order valence-electron chi connectivity index (χ0n) is 14.7. The van der Waals surface area contributed by atoms with Gasteiger partial charge in [0.25, 0.3) is 0 Å². The molecule has 2 aromatic rings. The van der Waals surface area contributed by atoms with E-state index in [4.69, 9.17) is 10.8 Å². The molecule has 0 aliphatic carbocycles. The van der Waals surface area contributed by atoms with Crippen LogP contribution in [-0.2, 0) is 4.79 Å². The third-order valence-electron chi connectivity index (χ3n) is 4.43. The second kappa shape index (κ2) is 7.86. The van der Waals surface area contributed by atoms with E-state index in [0.29, 0.717) is 5.75 Å². The summed E-state index contributed by atoms with van der Waals surface area (Å²) in [6.07, 6.45) is 0. The SMILES string of the molecule is Cc1ccc(C(SCC(N)C(=O)O)c2ccc(C)c(C)c2)cc1C. The first-order chi connectivity index (χ1) is 11.3. The minimum atomic E-state index is -0.957. The standard InChI is InChI=1S/C20H25NO2S/c1-12-5-7-16(9-14(12)3)19(24-11-18(21)20(22)23)17-8-6-13(2)15(4)10-17/h5-10,18-19H,11,21H2,1-4H3,(H,22,23).